The summed E-state index contributed by atoms with van der Waals surface area (Å²) in [7, 11) is 0. The molecule has 0 aliphatic rings. The van der Waals surface area contributed by atoms with E-state index in [9.17, 15) is 10.1 Å². The molecule has 5 nitrogen and oxygen atoms in total. The van der Waals surface area contributed by atoms with E-state index in [2.05, 4.69) is 11.9 Å². The molecule has 0 saturated heterocycles. The molecule has 0 heterocycles. The molecule has 17 heavy (non-hydrogen) atoms. The molecular formula is C11H15N3O2S. The van der Waals surface area contributed by atoms with Crippen LogP contribution in [-0.2, 0) is 0 Å². The Morgan fingerprint density at radius 3 is 2.94 bits per heavy atom. The zero-order valence-corrected chi connectivity index (χ0v) is 10.2. The van der Waals surface area contributed by atoms with Crippen LogP contribution >= 0.6 is 11.8 Å². The molecule has 0 aliphatic carbocycles. The lowest BCUT2D eigenvalue weighted by molar-refractivity contribution is -0.383. The maximum atomic E-state index is 10.6. The van der Waals surface area contributed by atoms with Crippen LogP contribution in [0.2, 0.25) is 0 Å². The van der Waals surface area contributed by atoms with E-state index in [1.54, 1.807) is 23.9 Å². The number of nitrogens with two attached hydrogens (primary N) is 1. The first-order valence-corrected chi connectivity index (χ1v) is 6.27. The summed E-state index contributed by atoms with van der Waals surface area (Å²) in [6, 6.07) is 4.65. The summed E-state index contributed by atoms with van der Waals surface area (Å²) in [6.45, 7) is 4.42. The van der Waals surface area contributed by atoms with Crippen molar-refractivity contribution in [2.75, 3.05) is 29.1 Å². The SMILES string of the molecule is C=CCSCCNc1ccc([N+](=O)[O-])c(N)c1. The second-order valence-corrected chi connectivity index (χ2v) is 4.47. The third-order valence-corrected chi connectivity index (χ3v) is 3.00. The van der Waals surface area contributed by atoms with Gasteiger partial charge in [-0.25, -0.2) is 0 Å². The maximum Gasteiger partial charge on any atom is 0.292 e. The van der Waals surface area contributed by atoms with Crippen molar-refractivity contribution in [1.29, 1.82) is 0 Å². The van der Waals surface area contributed by atoms with Gasteiger partial charge in [0, 0.05) is 29.8 Å². The van der Waals surface area contributed by atoms with E-state index in [-0.39, 0.29) is 11.4 Å². The lowest BCUT2D eigenvalue weighted by atomic mass is 10.2. The van der Waals surface area contributed by atoms with Gasteiger partial charge in [-0.3, -0.25) is 10.1 Å². The van der Waals surface area contributed by atoms with Gasteiger partial charge in [0.2, 0.25) is 0 Å². The van der Waals surface area contributed by atoms with Gasteiger partial charge in [0.1, 0.15) is 5.69 Å². The molecule has 0 bridgehead atoms. The summed E-state index contributed by atoms with van der Waals surface area (Å²) in [6.07, 6.45) is 1.86. The van der Waals surface area contributed by atoms with Crippen molar-refractivity contribution in [3.8, 4) is 0 Å². The van der Waals surface area contributed by atoms with Gasteiger partial charge < -0.3 is 11.1 Å². The van der Waals surface area contributed by atoms with E-state index in [0.717, 1.165) is 23.7 Å². The largest absolute Gasteiger partial charge is 0.393 e. The number of nitro benzene ring substituents is 1. The molecule has 1 rings (SSSR count). The Bertz CT molecular complexity index is 410. The van der Waals surface area contributed by atoms with Crippen molar-refractivity contribution in [2.24, 2.45) is 0 Å². The van der Waals surface area contributed by atoms with Gasteiger partial charge in [-0.2, -0.15) is 11.8 Å². The third kappa shape index (κ3) is 4.36. The third-order valence-electron chi connectivity index (χ3n) is 2.04. The van der Waals surface area contributed by atoms with Gasteiger partial charge in [-0.15, -0.1) is 6.58 Å². The van der Waals surface area contributed by atoms with Crippen molar-refractivity contribution in [3.05, 3.63) is 41.0 Å². The molecule has 1 aromatic carbocycles. The Morgan fingerprint density at radius 1 is 1.59 bits per heavy atom. The van der Waals surface area contributed by atoms with E-state index in [0.29, 0.717) is 0 Å². The van der Waals surface area contributed by atoms with Crippen molar-refractivity contribution >= 4 is 28.8 Å². The van der Waals surface area contributed by atoms with E-state index in [4.69, 9.17) is 5.73 Å². The maximum absolute atomic E-state index is 10.6. The minimum atomic E-state index is -0.487. The highest BCUT2D eigenvalue weighted by atomic mass is 32.2. The van der Waals surface area contributed by atoms with Crippen LogP contribution in [0.5, 0.6) is 0 Å². The fraction of sp³-hybridized carbons (Fsp3) is 0.273. The second-order valence-electron chi connectivity index (χ2n) is 3.32. The van der Waals surface area contributed by atoms with Gasteiger partial charge in [-0.05, 0) is 12.1 Å². The van der Waals surface area contributed by atoms with Gasteiger partial charge in [0.25, 0.3) is 5.69 Å². The average Bonchev–Trinajstić information content (AvgIpc) is 2.28. The minimum Gasteiger partial charge on any atom is -0.393 e. The molecule has 0 fully saturated rings. The van der Waals surface area contributed by atoms with Gasteiger partial charge >= 0.3 is 0 Å². The van der Waals surface area contributed by atoms with E-state index in [1.165, 1.54) is 6.07 Å². The van der Waals surface area contributed by atoms with Crippen LogP contribution in [0.15, 0.2) is 30.9 Å². The standard InChI is InChI=1S/C11H15N3O2S/c1-2-6-17-7-5-13-9-3-4-11(14(15)16)10(12)8-9/h2-4,8,13H,1,5-7,12H2. The van der Waals surface area contributed by atoms with Crippen LogP contribution in [0, 0.1) is 10.1 Å². The number of hydrogen-bond donors (Lipinski definition) is 2. The van der Waals surface area contributed by atoms with Crippen LogP contribution < -0.4 is 11.1 Å². The minimum absolute atomic E-state index is 0.0587. The van der Waals surface area contributed by atoms with E-state index in [1.807, 2.05) is 6.08 Å². The van der Waals surface area contributed by atoms with Crippen LogP contribution in [0.4, 0.5) is 17.1 Å². The quantitative estimate of drug-likeness (QED) is 0.256. The van der Waals surface area contributed by atoms with Crippen LogP contribution in [0.25, 0.3) is 0 Å². The molecule has 1 aromatic rings. The number of hydrogen-bond acceptors (Lipinski definition) is 5. The van der Waals surface area contributed by atoms with Crippen molar-refractivity contribution < 1.29 is 4.92 Å². The Hall–Kier alpha value is -1.69. The normalized spacial score (nSPS) is 9.88. The summed E-state index contributed by atoms with van der Waals surface area (Å²) in [4.78, 5) is 10.1. The van der Waals surface area contributed by atoms with Crippen molar-refractivity contribution in [2.45, 2.75) is 0 Å². The molecule has 0 atom stereocenters. The van der Waals surface area contributed by atoms with Crippen LogP contribution in [-0.4, -0.2) is 23.0 Å². The predicted molar refractivity (Wildman–Crippen MR) is 73.5 cm³/mol. The number of nitrogens with one attached hydrogen (secondary N) is 1. The Balaban J connectivity index is 2.47. The molecule has 0 saturated carbocycles. The molecule has 0 unspecified atom stereocenters. The van der Waals surface area contributed by atoms with Crippen molar-refractivity contribution in [1.82, 2.24) is 0 Å². The van der Waals surface area contributed by atoms with Gasteiger partial charge in [0.05, 0.1) is 4.92 Å². The summed E-state index contributed by atoms with van der Waals surface area (Å²) in [5, 5.41) is 13.7. The van der Waals surface area contributed by atoms with Gasteiger partial charge in [-0.1, -0.05) is 6.08 Å². The lowest BCUT2D eigenvalue weighted by Gasteiger charge is -2.06. The Labute approximate surface area is 104 Å². The number of benzene rings is 1. The zero-order valence-electron chi connectivity index (χ0n) is 9.39. The molecule has 0 radical (unpaired) electrons. The fourth-order valence-electron chi connectivity index (χ4n) is 1.26. The fourth-order valence-corrected chi connectivity index (χ4v) is 1.84. The molecule has 0 aliphatic heterocycles. The smallest absolute Gasteiger partial charge is 0.292 e. The first kappa shape index (κ1) is 13.4. The first-order valence-electron chi connectivity index (χ1n) is 5.11. The zero-order chi connectivity index (χ0) is 12.7. The second kappa shape index (κ2) is 6.80. The lowest BCUT2D eigenvalue weighted by Crippen LogP contribution is -2.05. The molecule has 0 amide bonds. The molecule has 92 valence electrons. The topological polar surface area (TPSA) is 81.2 Å². The highest BCUT2D eigenvalue weighted by molar-refractivity contribution is 7.99. The van der Waals surface area contributed by atoms with Gasteiger partial charge in [0.15, 0.2) is 0 Å². The summed E-state index contributed by atoms with van der Waals surface area (Å²) >= 11 is 1.76. The van der Waals surface area contributed by atoms with Crippen molar-refractivity contribution in [3.63, 3.8) is 0 Å². The average molecular weight is 253 g/mol. The number of nitrogen functional groups attached to an aromatic ring is 1. The number of rotatable bonds is 7. The molecule has 0 aromatic heterocycles. The first-order chi connectivity index (χ1) is 8.15. The van der Waals surface area contributed by atoms with E-state index >= 15 is 0 Å². The molecule has 0 spiro atoms. The molecule has 3 N–H and O–H groups in total. The van der Waals surface area contributed by atoms with Crippen LogP contribution in [0.1, 0.15) is 0 Å². The number of thioether (sulfide) groups is 1. The number of nitrogens with zero attached hydrogens (tertiary/aromatic N) is 1. The number of nitro groups is 1. The highest BCUT2D eigenvalue weighted by Gasteiger charge is 2.10. The Kier molecular flexibility index (Phi) is 5.35. The van der Waals surface area contributed by atoms with E-state index < -0.39 is 4.92 Å². The molecular weight excluding hydrogens is 238 g/mol. The summed E-state index contributed by atoms with van der Waals surface area (Å²) in [5.41, 5.74) is 6.49. The summed E-state index contributed by atoms with van der Waals surface area (Å²) < 4.78 is 0. The predicted octanol–water partition coefficient (Wildman–Crippen LogP) is 2.51. The summed E-state index contributed by atoms with van der Waals surface area (Å²) in [5.74, 6) is 1.87. The highest BCUT2D eigenvalue weighted by Crippen LogP contribution is 2.24. The van der Waals surface area contributed by atoms with Crippen LogP contribution in [0.3, 0.4) is 0 Å². The monoisotopic (exact) mass is 253 g/mol. The Morgan fingerprint density at radius 2 is 2.35 bits per heavy atom. The number of anilines is 2. The molecule has 6 heteroatoms.